The summed E-state index contributed by atoms with van der Waals surface area (Å²) in [5.74, 6) is 0.727. The zero-order valence-corrected chi connectivity index (χ0v) is 8.74. The molecule has 0 aliphatic heterocycles. The lowest BCUT2D eigenvalue weighted by Crippen LogP contribution is -2.27. The van der Waals surface area contributed by atoms with Gasteiger partial charge in [-0.15, -0.1) is 11.6 Å². The van der Waals surface area contributed by atoms with Crippen molar-refractivity contribution in [2.45, 2.75) is 52.2 Å². The predicted octanol–water partition coefficient (Wildman–Crippen LogP) is 3.21. The van der Waals surface area contributed by atoms with Crippen LogP contribution in [0.15, 0.2) is 0 Å². The Morgan fingerprint density at radius 2 is 1.91 bits per heavy atom. The van der Waals surface area contributed by atoms with E-state index in [9.17, 15) is 0 Å². The summed E-state index contributed by atoms with van der Waals surface area (Å²) < 4.78 is 5.68. The second-order valence-electron chi connectivity index (χ2n) is 3.72. The quantitative estimate of drug-likeness (QED) is 0.588. The average molecular weight is 179 g/mol. The molecule has 0 amide bonds. The van der Waals surface area contributed by atoms with Gasteiger partial charge in [0.15, 0.2) is 0 Å². The summed E-state index contributed by atoms with van der Waals surface area (Å²) in [6.07, 6.45) is 2.37. The molecular weight excluding hydrogens is 160 g/mol. The molecule has 11 heavy (non-hydrogen) atoms. The van der Waals surface area contributed by atoms with Crippen LogP contribution in [0.3, 0.4) is 0 Å². The summed E-state index contributed by atoms with van der Waals surface area (Å²) in [6.45, 7) is 8.34. The van der Waals surface area contributed by atoms with Gasteiger partial charge in [0.25, 0.3) is 0 Å². The van der Waals surface area contributed by atoms with Gasteiger partial charge in [0, 0.05) is 5.88 Å². The number of alkyl halides is 1. The van der Waals surface area contributed by atoms with Crippen molar-refractivity contribution in [1.82, 2.24) is 0 Å². The normalized spacial score (nSPS) is 12.5. The largest absolute Gasteiger partial charge is 0.373 e. The van der Waals surface area contributed by atoms with Gasteiger partial charge in [-0.05, 0) is 40.5 Å². The number of hydrogen-bond acceptors (Lipinski definition) is 1. The summed E-state index contributed by atoms with van der Waals surface area (Å²) >= 11 is 5.59. The minimum Gasteiger partial charge on any atom is -0.373 e. The summed E-state index contributed by atoms with van der Waals surface area (Å²) in [4.78, 5) is 0. The van der Waals surface area contributed by atoms with E-state index < -0.39 is 0 Å². The Bertz CT molecular complexity index is 99.7. The molecular formula is C9H19ClO. The molecule has 0 saturated carbocycles. The van der Waals surface area contributed by atoms with Crippen molar-refractivity contribution in [2.75, 3.05) is 5.88 Å². The molecule has 0 spiro atoms. The molecule has 0 aromatic rings. The molecule has 0 unspecified atom stereocenters. The molecule has 0 N–H and O–H groups in total. The standard InChI is InChI=1S/C9H19ClO/c1-8(2)11-9(3,4)6-5-7-10/h8H,5-7H2,1-4H3. The first kappa shape index (κ1) is 11.2. The summed E-state index contributed by atoms with van der Waals surface area (Å²) in [5.41, 5.74) is -0.0109. The van der Waals surface area contributed by atoms with Gasteiger partial charge < -0.3 is 4.74 Å². The molecule has 0 radical (unpaired) electrons. The van der Waals surface area contributed by atoms with Gasteiger partial charge in [-0.1, -0.05) is 0 Å². The van der Waals surface area contributed by atoms with Crippen LogP contribution in [0, 0.1) is 0 Å². The van der Waals surface area contributed by atoms with Gasteiger partial charge in [-0.3, -0.25) is 0 Å². The van der Waals surface area contributed by atoms with Crippen molar-refractivity contribution in [2.24, 2.45) is 0 Å². The number of rotatable bonds is 5. The van der Waals surface area contributed by atoms with E-state index in [1.54, 1.807) is 0 Å². The molecule has 0 fully saturated rings. The zero-order valence-electron chi connectivity index (χ0n) is 7.98. The fourth-order valence-electron chi connectivity index (χ4n) is 1.19. The van der Waals surface area contributed by atoms with Gasteiger partial charge >= 0.3 is 0 Å². The van der Waals surface area contributed by atoms with E-state index in [1.807, 2.05) is 0 Å². The molecule has 0 aliphatic rings. The fourth-order valence-corrected chi connectivity index (χ4v) is 1.32. The van der Waals surface area contributed by atoms with E-state index in [1.165, 1.54) is 0 Å². The van der Waals surface area contributed by atoms with Crippen LogP contribution in [-0.2, 0) is 4.74 Å². The van der Waals surface area contributed by atoms with Gasteiger partial charge in [-0.25, -0.2) is 0 Å². The van der Waals surface area contributed by atoms with E-state index >= 15 is 0 Å². The molecule has 0 heterocycles. The molecule has 0 aliphatic carbocycles. The first-order valence-corrected chi connectivity index (χ1v) is 4.75. The van der Waals surface area contributed by atoms with Crippen molar-refractivity contribution in [3.63, 3.8) is 0 Å². The van der Waals surface area contributed by atoms with Gasteiger partial charge in [0.2, 0.25) is 0 Å². The average Bonchev–Trinajstić information content (AvgIpc) is 1.81. The van der Waals surface area contributed by atoms with Crippen LogP contribution in [0.25, 0.3) is 0 Å². The minimum atomic E-state index is -0.0109. The van der Waals surface area contributed by atoms with E-state index in [2.05, 4.69) is 27.7 Å². The number of ether oxygens (including phenoxy) is 1. The third-order valence-corrected chi connectivity index (χ3v) is 1.73. The maximum absolute atomic E-state index is 5.68. The molecule has 0 atom stereocenters. The van der Waals surface area contributed by atoms with Crippen molar-refractivity contribution >= 4 is 11.6 Å². The van der Waals surface area contributed by atoms with Crippen LogP contribution in [0.1, 0.15) is 40.5 Å². The molecule has 0 bridgehead atoms. The van der Waals surface area contributed by atoms with E-state index in [0.717, 1.165) is 18.7 Å². The second-order valence-corrected chi connectivity index (χ2v) is 4.10. The topological polar surface area (TPSA) is 9.23 Å². The van der Waals surface area contributed by atoms with Crippen molar-refractivity contribution < 1.29 is 4.74 Å². The lowest BCUT2D eigenvalue weighted by atomic mass is 10.0. The third-order valence-electron chi connectivity index (χ3n) is 1.47. The molecule has 68 valence electrons. The SMILES string of the molecule is CC(C)OC(C)(C)CCCCl. The Morgan fingerprint density at radius 1 is 1.36 bits per heavy atom. The minimum absolute atomic E-state index is 0.0109. The molecule has 1 nitrogen and oxygen atoms in total. The highest BCUT2D eigenvalue weighted by Gasteiger charge is 2.18. The van der Waals surface area contributed by atoms with Crippen molar-refractivity contribution in [3.05, 3.63) is 0 Å². The van der Waals surface area contributed by atoms with Gasteiger partial charge in [0.05, 0.1) is 11.7 Å². The summed E-state index contributed by atoms with van der Waals surface area (Å²) in [7, 11) is 0. The van der Waals surface area contributed by atoms with Crippen molar-refractivity contribution in [3.8, 4) is 0 Å². The van der Waals surface area contributed by atoms with Gasteiger partial charge in [-0.2, -0.15) is 0 Å². The highest BCUT2D eigenvalue weighted by atomic mass is 35.5. The zero-order chi connectivity index (χ0) is 8.91. The van der Waals surface area contributed by atoms with E-state index in [-0.39, 0.29) is 5.60 Å². The maximum Gasteiger partial charge on any atom is 0.0630 e. The number of hydrogen-bond donors (Lipinski definition) is 0. The highest BCUT2D eigenvalue weighted by Crippen LogP contribution is 2.18. The summed E-state index contributed by atoms with van der Waals surface area (Å²) in [6, 6.07) is 0. The monoisotopic (exact) mass is 178 g/mol. The lowest BCUT2D eigenvalue weighted by molar-refractivity contribution is -0.0604. The van der Waals surface area contributed by atoms with Crippen molar-refractivity contribution in [1.29, 1.82) is 0 Å². The van der Waals surface area contributed by atoms with Crippen LogP contribution in [0.4, 0.5) is 0 Å². The fraction of sp³-hybridized carbons (Fsp3) is 1.00. The van der Waals surface area contributed by atoms with Crippen LogP contribution < -0.4 is 0 Å². The number of halogens is 1. The Morgan fingerprint density at radius 3 is 2.27 bits per heavy atom. The Balaban J connectivity index is 3.61. The first-order valence-electron chi connectivity index (χ1n) is 4.22. The molecule has 0 aromatic carbocycles. The molecule has 0 rings (SSSR count). The van der Waals surface area contributed by atoms with Crippen LogP contribution in [0.5, 0.6) is 0 Å². The second kappa shape index (κ2) is 5.00. The van der Waals surface area contributed by atoms with Crippen LogP contribution in [-0.4, -0.2) is 17.6 Å². The molecule has 0 saturated heterocycles. The van der Waals surface area contributed by atoms with E-state index in [4.69, 9.17) is 16.3 Å². The first-order chi connectivity index (χ1) is 4.98. The van der Waals surface area contributed by atoms with Gasteiger partial charge in [0.1, 0.15) is 0 Å². The maximum atomic E-state index is 5.68. The third kappa shape index (κ3) is 6.64. The summed E-state index contributed by atoms with van der Waals surface area (Å²) in [5, 5.41) is 0. The highest BCUT2D eigenvalue weighted by molar-refractivity contribution is 6.17. The van der Waals surface area contributed by atoms with E-state index in [0.29, 0.717) is 6.10 Å². The Kier molecular flexibility index (Phi) is 5.11. The van der Waals surface area contributed by atoms with Crippen LogP contribution >= 0.6 is 11.6 Å². The smallest absolute Gasteiger partial charge is 0.0630 e. The molecule has 2 heteroatoms. The Hall–Kier alpha value is 0.250. The lowest BCUT2D eigenvalue weighted by Gasteiger charge is -2.27. The van der Waals surface area contributed by atoms with Crippen LogP contribution in [0.2, 0.25) is 0 Å². The Labute approximate surface area is 75.1 Å². The predicted molar refractivity (Wildman–Crippen MR) is 50.3 cm³/mol. The molecule has 0 aromatic heterocycles.